The highest BCUT2D eigenvalue weighted by atomic mass is 16.3. The molecule has 0 saturated carbocycles. The van der Waals surface area contributed by atoms with Crippen molar-refractivity contribution in [2.45, 2.75) is 19.8 Å². The van der Waals surface area contributed by atoms with Gasteiger partial charge in [-0.1, -0.05) is 29.8 Å². The largest absolute Gasteiger partial charge is 0.396 e. The van der Waals surface area contributed by atoms with E-state index in [9.17, 15) is 4.79 Å². The van der Waals surface area contributed by atoms with Gasteiger partial charge in [0.25, 0.3) is 0 Å². The van der Waals surface area contributed by atoms with E-state index in [0.717, 1.165) is 13.0 Å². The van der Waals surface area contributed by atoms with Crippen LogP contribution >= 0.6 is 0 Å². The van der Waals surface area contributed by atoms with Crippen LogP contribution in [0, 0.1) is 12.8 Å². The summed E-state index contributed by atoms with van der Waals surface area (Å²) in [4.78, 5) is 13.5. The number of carbonyl (C=O) groups excluding carboxylic acids is 1. The molecule has 0 spiro atoms. The number of hydrogen-bond acceptors (Lipinski definition) is 2. The molecule has 3 nitrogen and oxygen atoms in total. The Morgan fingerprint density at radius 1 is 1.47 bits per heavy atom. The molecule has 1 fully saturated rings. The predicted octanol–water partition coefficient (Wildman–Crippen LogP) is 1.38. The Labute approximate surface area is 102 Å². The topological polar surface area (TPSA) is 40.5 Å². The summed E-state index contributed by atoms with van der Waals surface area (Å²) >= 11 is 0. The van der Waals surface area contributed by atoms with E-state index < -0.39 is 0 Å². The normalized spacial score (nSPS) is 20.0. The summed E-state index contributed by atoms with van der Waals surface area (Å²) in [5.74, 6) is 0.316. The van der Waals surface area contributed by atoms with Gasteiger partial charge in [0.05, 0.1) is 0 Å². The lowest BCUT2D eigenvalue weighted by atomic mass is 10.1. The number of carbonyl (C=O) groups is 1. The zero-order valence-electron chi connectivity index (χ0n) is 10.2. The first-order valence-electron chi connectivity index (χ1n) is 6.13. The number of hydrogen-bond donors (Lipinski definition) is 1. The van der Waals surface area contributed by atoms with Gasteiger partial charge in [0.2, 0.25) is 5.91 Å². The van der Waals surface area contributed by atoms with Gasteiger partial charge in [-0.3, -0.25) is 4.79 Å². The van der Waals surface area contributed by atoms with Crippen LogP contribution in [0.15, 0.2) is 24.3 Å². The van der Waals surface area contributed by atoms with E-state index in [4.69, 9.17) is 5.11 Å². The highest BCUT2D eigenvalue weighted by Gasteiger charge is 2.28. The van der Waals surface area contributed by atoms with Gasteiger partial charge in [0.1, 0.15) is 0 Å². The number of aliphatic hydroxyl groups is 1. The number of amides is 1. The van der Waals surface area contributed by atoms with Gasteiger partial charge in [-0.25, -0.2) is 0 Å². The van der Waals surface area contributed by atoms with Crippen LogP contribution < -0.4 is 0 Å². The summed E-state index contributed by atoms with van der Waals surface area (Å²) in [6, 6.07) is 8.38. The fourth-order valence-electron chi connectivity index (χ4n) is 2.32. The quantitative estimate of drug-likeness (QED) is 0.853. The molecule has 1 heterocycles. The second kappa shape index (κ2) is 5.32. The van der Waals surface area contributed by atoms with E-state index in [-0.39, 0.29) is 18.4 Å². The van der Waals surface area contributed by atoms with Crippen LogP contribution in [0.2, 0.25) is 0 Å². The summed E-state index contributed by atoms with van der Waals surface area (Å²) < 4.78 is 0. The Hall–Kier alpha value is -1.35. The van der Waals surface area contributed by atoms with E-state index in [2.05, 4.69) is 25.1 Å². The molecular weight excluding hydrogens is 214 g/mol. The van der Waals surface area contributed by atoms with Crippen LogP contribution in [0.1, 0.15) is 17.5 Å². The van der Waals surface area contributed by atoms with Crippen LogP contribution in [-0.4, -0.2) is 35.6 Å². The Bertz CT molecular complexity index is 403. The van der Waals surface area contributed by atoms with E-state index >= 15 is 0 Å². The van der Waals surface area contributed by atoms with Crippen molar-refractivity contribution in [1.29, 1.82) is 0 Å². The highest BCUT2D eigenvalue weighted by molar-refractivity contribution is 5.78. The molecule has 1 amide bonds. The third-order valence-electron chi connectivity index (χ3n) is 3.31. The molecule has 0 aromatic heterocycles. The van der Waals surface area contributed by atoms with Gasteiger partial charge in [-0.2, -0.15) is 0 Å². The monoisotopic (exact) mass is 233 g/mol. The molecule has 1 saturated heterocycles. The van der Waals surface area contributed by atoms with Gasteiger partial charge in [-0.05, 0) is 18.9 Å². The summed E-state index contributed by atoms with van der Waals surface area (Å²) in [5, 5.41) is 9.04. The Kier molecular flexibility index (Phi) is 3.79. The Morgan fingerprint density at radius 3 is 2.94 bits per heavy atom. The van der Waals surface area contributed by atoms with Gasteiger partial charge < -0.3 is 10.0 Å². The number of likely N-dealkylation sites (tertiary alicyclic amines) is 1. The first-order chi connectivity index (χ1) is 8.19. The molecule has 92 valence electrons. The first kappa shape index (κ1) is 12.1. The van der Waals surface area contributed by atoms with Crippen LogP contribution in [0.3, 0.4) is 0 Å². The molecule has 1 atom stereocenters. The minimum Gasteiger partial charge on any atom is -0.396 e. The molecule has 1 aromatic carbocycles. The Morgan fingerprint density at radius 2 is 2.29 bits per heavy atom. The molecule has 17 heavy (non-hydrogen) atoms. The fourth-order valence-corrected chi connectivity index (χ4v) is 2.32. The molecule has 2 rings (SSSR count). The maximum Gasteiger partial charge on any atom is 0.223 e. The SMILES string of the molecule is Cc1cccc(CCN2CC(CO)CC2=O)c1. The summed E-state index contributed by atoms with van der Waals surface area (Å²) in [7, 11) is 0. The Balaban J connectivity index is 1.88. The van der Waals surface area contributed by atoms with Crippen molar-refractivity contribution < 1.29 is 9.90 Å². The molecule has 3 heteroatoms. The third kappa shape index (κ3) is 3.07. The average molecular weight is 233 g/mol. The van der Waals surface area contributed by atoms with Crippen molar-refractivity contribution in [3.8, 4) is 0 Å². The number of rotatable bonds is 4. The number of nitrogens with zero attached hydrogens (tertiary/aromatic N) is 1. The summed E-state index contributed by atoms with van der Waals surface area (Å²) in [6.45, 7) is 3.67. The molecule has 1 aliphatic rings. The number of aliphatic hydroxyl groups excluding tert-OH is 1. The molecule has 0 bridgehead atoms. The fraction of sp³-hybridized carbons (Fsp3) is 0.500. The maximum atomic E-state index is 11.6. The second-order valence-electron chi connectivity index (χ2n) is 4.83. The van der Waals surface area contributed by atoms with E-state index in [1.54, 1.807) is 0 Å². The minimum absolute atomic E-state index is 0.118. The lowest BCUT2D eigenvalue weighted by Gasteiger charge is -2.16. The zero-order valence-corrected chi connectivity index (χ0v) is 10.2. The van der Waals surface area contributed by atoms with Crippen LogP contribution in [0.5, 0.6) is 0 Å². The zero-order chi connectivity index (χ0) is 12.3. The van der Waals surface area contributed by atoms with Crippen molar-refractivity contribution in [2.75, 3.05) is 19.7 Å². The second-order valence-corrected chi connectivity index (χ2v) is 4.83. The van der Waals surface area contributed by atoms with E-state index in [1.807, 2.05) is 11.0 Å². The van der Waals surface area contributed by atoms with Crippen LogP contribution in [-0.2, 0) is 11.2 Å². The van der Waals surface area contributed by atoms with Crippen molar-refractivity contribution >= 4 is 5.91 Å². The minimum atomic E-state index is 0.118. The predicted molar refractivity (Wildman–Crippen MR) is 66.7 cm³/mol. The number of benzene rings is 1. The molecule has 1 N–H and O–H groups in total. The maximum absolute atomic E-state index is 11.6. The number of aryl methyl sites for hydroxylation is 1. The van der Waals surface area contributed by atoms with Crippen molar-refractivity contribution in [3.05, 3.63) is 35.4 Å². The molecular formula is C14H19NO2. The van der Waals surface area contributed by atoms with Gasteiger partial charge in [0.15, 0.2) is 0 Å². The van der Waals surface area contributed by atoms with Crippen molar-refractivity contribution in [1.82, 2.24) is 4.90 Å². The van der Waals surface area contributed by atoms with E-state index in [1.165, 1.54) is 11.1 Å². The van der Waals surface area contributed by atoms with Gasteiger partial charge >= 0.3 is 0 Å². The molecule has 1 aromatic rings. The van der Waals surface area contributed by atoms with E-state index in [0.29, 0.717) is 13.0 Å². The molecule has 1 unspecified atom stereocenters. The molecule has 1 aliphatic heterocycles. The van der Waals surface area contributed by atoms with Crippen molar-refractivity contribution in [2.24, 2.45) is 5.92 Å². The first-order valence-corrected chi connectivity index (χ1v) is 6.13. The van der Waals surface area contributed by atoms with Crippen LogP contribution in [0.4, 0.5) is 0 Å². The lowest BCUT2D eigenvalue weighted by Crippen LogP contribution is -2.27. The van der Waals surface area contributed by atoms with Crippen molar-refractivity contribution in [3.63, 3.8) is 0 Å². The van der Waals surface area contributed by atoms with Gasteiger partial charge in [0, 0.05) is 32.0 Å². The smallest absolute Gasteiger partial charge is 0.223 e. The van der Waals surface area contributed by atoms with Crippen LogP contribution in [0.25, 0.3) is 0 Å². The lowest BCUT2D eigenvalue weighted by molar-refractivity contribution is -0.127. The summed E-state index contributed by atoms with van der Waals surface area (Å²) in [6.07, 6.45) is 1.40. The molecule has 0 aliphatic carbocycles. The molecule has 0 radical (unpaired) electrons. The standard InChI is InChI=1S/C14H19NO2/c1-11-3-2-4-12(7-11)5-6-15-9-13(10-16)8-14(15)17/h2-4,7,13,16H,5-6,8-10H2,1H3. The third-order valence-corrected chi connectivity index (χ3v) is 3.31. The highest BCUT2D eigenvalue weighted by Crippen LogP contribution is 2.17. The average Bonchev–Trinajstić information content (AvgIpc) is 2.68. The summed E-state index contributed by atoms with van der Waals surface area (Å²) in [5.41, 5.74) is 2.52. The van der Waals surface area contributed by atoms with Gasteiger partial charge in [-0.15, -0.1) is 0 Å².